The van der Waals surface area contributed by atoms with Crippen molar-refractivity contribution in [3.63, 3.8) is 0 Å². The lowest BCUT2D eigenvalue weighted by Gasteiger charge is -2.12. The largest absolute Gasteiger partial charge is 0.492 e. The first-order valence-electron chi connectivity index (χ1n) is 4.02. The van der Waals surface area contributed by atoms with Crippen LogP contribution in [0.1, 0.15) is 0 Å². The fourth-order valence-electron chi connectivity index (χ4n) is 0.951. The first-order valence-corrected chi connectivity index (χ1v) is 5.42. The van der Waals surface area contributed by atoms with Crippen molar-refractivity contribution in [2.45, 2.75) is 0 Å². The highest BCUT2D eigenvalue weighted by atomic mass is 32.2. The van der Waals surface area contributed by atoms with Crippen LogP contribution in [0.2, 0.25) is 0 Å². The summed E-state index contributed by atoms with van der Waals surface area (Å²) in [6, 6.07) is 3.42. The summed E-state index contributed by atoms with van der Waals surface area (Å²) in [5.41, 5.74) is 0.938. The van der Waals surface area contributed by atoms with E-state index >= 15 is 0 Å². The number of pyridine rings is 1. The lowest BCUT2D eigenvalue weighted by molar-refractivity contribution is -0.509. The molecule has 0 spiro atoms. The molecule has 6 heteroatoms. The van der Waals surface area contributed by atoms with E-state index in [-0.39, 0.29) is 0 Å². The predicted molar refractivity (Wildman–Crippen MR) is 54.6 cm³/mol. The smallest absolute Gasteiger partial charge is 0.298 e. The fourth-order valence-corrected chi connectivity index (χ4v) is 1.57. The molecule has 0 aromatic carbocycles. The molecule has 0 radical (unpaired) electrons. The standard InChI is InChI=1S/C8H13N3O2S/c1-9-14(12,13)11-6-4-8(5-7-11)10(2)3/h4-7H,1-3H3. The van der Waals surface area contributed by atoms with Crippen molar-refractivity contribution in [1.82, 2.24) is 0 Å². The lowest BCUT2D eigenvalue weighted by atomic mass is 10.4. The third-order valence-corrected chi connectivity index (χ3v) is 3.04. The van der Waals surface area contributed by atoms with Crippen molar-refractivity contribution in [1.29, 1.82) is 0 Å². The highest BCUT2D eigenvalue weighted by Crippen LogP contribution is 2.06. The fraction of sp³-hybridized carbons (Fsp3) is 0.375. The Morgan fingerprint density at radius 3 is 2.14 bits per heavy atom. The van der Waals surface area contributed by atoms with Crippen LogP contribution in [0.5, 0.6) is 0 Å². The summed E-state index contributed by atoms with van der Waals surface area (Å²) in [5, 5.41) is 0. The molecule has 0 saturated carbocycles. The zero-order chi connectivity index (χ0) is 10.8. The van der Waals surface area contributed by atoms with E-state index in [2.05, 4.69) is 4.72 Å². The summed E-state index contributed by atoms with van der Waals surface area (Å²) in [4.78, 5) is 1.89. The van der Waals surface area contributed by atoms with Crippen LogP contribution in [-0.2, 0) is 10.2 Å². The van der Waals surface area contributed by atoms with Gasteiger partial charge in [-0.25, -0.2) is 0 Å². The minimum absolute atomic E-state index is 0.938. The van der Waals surface area contributed by atoms with Crippen molar-refractivity contribution in [2.75, 3.05) is 26.0 Å². The van der Waals surface area contributed by atoms with Gasteiger partial charge in [0.1, 0.15) is 0 Å². The molecule has 0 bridgehead atoms. The van der Waals surface area contributed by atoms with Gasteiger partial charge in [0.05, 0.1) is 0 Å². The molecule has 14 heavy (non-hydrogen) atoms. The van der Waals surface area contributed by atoms with E-state index in [1.54, 1.807) is 12.1 Å². The molecular formula is C8H13N3O2S. The van der Waals surface area contributed by atoms with Crippen LogP contribution in [0.25, 0.3) is 4.72 Å². The third kappa shape index (κ3) is 2.21. The van der Waals surface area contributed by atoms with Gasteiger partial charge < -0.3 is 9.62 Å². The van der Waals surface area contributed by atoms with E-state index in [0.29, 0.717) is 0 Å². The topological polar surface area (TPSA) is 55.4 Å². The summed E-state index contributed by atoms with van der Waals surface area (Å²) in [5.74, 6) is 0. The average Bonchev–Trinajstić information content (AvgIpc) is 2.18. The second kappa shape index (κ2) is 3.93. The van der Waals surface area contributed by atoms with Gasteiger partial charge in [0.2, 0.25) is 0 Å². The molecule has 5 nitrogen and oxygen atoms in total. The van der Waals surface area contributed by atoms with Gasteiger partial charge in [-0.05, 0) is 0 Å². The average molecular weight is 215 g/mol. The molecule has 1 heterocycles. The summed E-state index contributed by atoms with van der Waals surface area (Å²) in [7, 11) is 1.51. The normalized spacial score (nSPS) is 11.4. The van der Waals surface area contributed by atoms with Gasteiger partial charge in [0, 0.05) is 31.9 Å². The molecule has 0 aliphatic heterocycles. The van der Waals surface area contributed by atoms with E-state index in [0.717, 1.165) is 9.66 Å². The molecule has 0 saturated heterocycles. The number of rotatable bonds is 3. The monoisotopic (exact) mass is 215 g/mol. The van der Waals surface area contributed by atoms with Crippen molar-refractivity contribution in [3.8, 4) is 0 Å². The van der Waals surface area contributed by atoms with E-state index in [9.17, 15) is 8.42 Å². The van der Waals surface area contributed by atoms with Gasteiger partial charge in [-0.3, -0.25) is 0 Å². The summed E-state index contributed by atoms with van der Waals surface area (Å²) in [6.07, 6.45) is 2.94. The molecule has 1 aromatic heterocycles. The van der Waals surface area contributed by atoms with Crippen LogP contribution in [0.3, 0.4) is 0 Å². The van der Waals surface area contributed by atoms with Crippen LogP contribution in [-0.4, -0.2) is 29.6 Å². The van der Waals surface area contributed by atoms with Crippen LogP contribution in [0, 0.1) is 0 Å². The van der Waals surface area contributed by atoms with Crippen molar-refractivity contribution in [3.05, 3.63) is 29.2 Å². The Kier molecular flexibility index (Phi) is 3.07. The maximum Gasteiger partial charge on any atom is 0.298 e. The minimum Gasteiger partial charge on any atom is -0.492 e. The molecule has 0 aliphatic carbocycles. The van der Waals surface area contributed by atoms with E-state index in [4.69, 9.17) is 0 Å². The highest BCUT2D eigenvalue weighted by molar-refractivity contribution is 7.87. The molecular weight excluding hydrogens is 202 g/mol. The molecule has 0 N–H and O–H groups in total. The first-order chi connectivity index (χ1) is 6.47. The Morgan fingerprint density at radius 1 is 1.29 bits per heavy atom. The van der Waals surface area contributed by atoms with E-state index in [1.165, 1.54) is 19.4 Å². The number of aromatic nitrogens is 1. The zero-order valence-electron chi connectivity index (χ0n) is 8.38. The van der Waals surface area contributed by atoms with Gasteiger partial charge >= 0.3 is 0 Å². The van der Waals surface area contributed by atoms with Crippen molar-refractivity contribution in [2.24, 2.45) is 0 Å². The zero-order valence-corrected chi connectivity index (χ0v) is 9.19. The van der Waals surface area contributed by atoms with Crippen molar-refractivity contribution >= 4 is 15.9 Å². The van der Waals surface area contributed by atoms with Gasteiger partial charge in [-0.1, -0.05) is 0 Å². The summed E-state index contributed by atoms with van der Waals surface area (Å²) in [6.45, 7) is 0. The van der Waals surface area contributed by atoms with E-state index < -0.39 is 10.2 Å². The maximum atomic E-state index is 11.3. The Bertz CT molecular complexity index is 397. The summed E-state index contributed by atoms with van der Waals surface area (Å²) >= 11 is 0. The molecule has 0 atom stereocenters. The molecule has 0 fully saturated rings. The van der Waals surface area contributed by atoms with Crippen LogP contribution < -0.4 is 8.87 Å². The van der Waals surface area contributed by atoms with Crippen LogP contribution >= 0.6 is 0 Å². The minimum atomic E-state index is -3.52. The van der Waals surface area contributed by atoms with Gasteiger partial charge in [-0.15, -0.1) is 11.0 Å². The predicted octanol–water partition coefficient (Wildman–Crippen LogP) is 0.136. The lowest BCUT2D eigenvalue weighted by Crippen LogP contribution is -2.40. The first kappa shape index (κ1) is 10.9. The Balaban J connectivity index is 3.06. The molecule has 0 unspecified atom stereocenters. The second-order valence-corrected chi connectivity index (χ2v) is 4.62. The Labute approximate surface area is 84.2 Å². The Hall–Kier alpha value is -1.14. The van der Waals surface area contributed by atoms with Gasteiger partial charge in [0.15, 0.2) is 12.4 Å². The highest BCUT2D eigenvalue weighted by Gasteiger charge is 2.09. The Morgan fingerprint density at radius 2 is 1.79 bits per heavy atom. The molecule has 0 amide bonds. The van der Waals surface area contributed by atoms with Gasteiger partial charge in [0.25, 0.3) is 10.2 Å². The molecule has 1 aromatic rings. The maximum absolute atomic E-state index is 11.3. The van der Waals surface area contributed by atoms with Gasteiger partial charge in [-0.2, -0.15) is 8.42 Å². The second-order valence-electron chi connectivity index (χ2n) is 2.94. The van der Waals surface area contributed by atoms with Crippen LogP contribution in [0.15, 0.2) is 24.5 Å². The van der Waals surface area contributed by atoms with E-state index in [1.807, 2.05) is 19.0 Å². The number of anilines is 1. The third-order valence-electron chi connectivity index (χ3n) is 1.80. The SMILES string of the molecule is C[N-]S(=O)(=O)[n+]1ccc(N(C)C)cc1. The quantitative estimate of drug-likeness (QED) is 0.674. The van der Waals surface area contributed by atoms with Crippen LogP contribution in [0.4, 0.5) is 5.69 Å². The van der Waals surface area contributed by atoms with Crippen molar-refractivity contribution < 1.29 is 12.4 Å². The molecule has 1 rings (SSSR count). The number of nitrogens with zero attached hydrogens (tertiary/aromatic N) is 3. The molecule has 78 valence electrons. The number of hydrogen-bond donors (Lipinski definition) is 0. The number of hydrogen-bond acceptors (Lipinski definition) is 3. The summed E-state index contributed by atoms with van der Waals surface area (Å²) < 4.78 is 26.9. The molecule has 0 aliphatic rings.